The number of rotatable bonds is 3. The molecule has 0 amide bonds. The molecule has 2 aromatic rings. The van der Waals surface area contributed by atoms with Gasteiger partial charge in [0.25, 0.3) is 0 Å². The van der Waals surface area contributed by atoms with Crippen molar-refractivity contribution >= 4 is 23.1 Å². The van der Waals surface area contributed by atoms with E-state index in [4.69, 9.17) is 17.3 Å². The van der Waals surface area contributed by atoms with Gasteiger partial charge in [0, 0.05) is 22.7 Å². The minimum absolute atomic E-state index is 0.0139. The van der Waals surface area contributed by atoms with E-state index in [2.05, 4.69) is 0 Å². The maximum Gasteiger partial charge on any atom is 0.416 e. The predicted octanol–water partition coefficient (Wildman–Crippen LogP) is 4.37. The van der Waals surface area contributed by atoms with E-state index in [-0.39, 0.29) is 17.7 Å². The highest BCUT2D eigenvalue weighted by atomic mass is 35.5. The van der Waals surface area contributed by atoms with Gasteiger partial charge in [0.05, 0.1) is 5.56 Å². The second-order valence-electron chi connectivity index (χ2n) is 4.49. The molecule has 0 saturated carbocycles. The third-order valence-electron chi connectivity index (χ3n) is 2.99. The van der Waals surface area contributed by atoms with Gasteiger partial charge in [-0.2, -0.15) is 13.2 Å². The largest absolute Gasteiger partial charge is 0.416 e. The summed E-state index contributed by atoms with van der Waals surface area (Å²) < 4.78 is 38.0. The van der Waals surface area contributed by atoms with Gasteiger partial charge < -0.3 is 5.73 Å². The summed E-state index contributed by atoms with van der Waals surface area (Å²) in [7, 11) is 0. The number of hydrogen-bond acceptors (Lipinski definition) is 2. The van der Waals surface area contributed by atoms with E-state index in [0.717, 1.165) is 18.2 Å². The lowest BCUT2D eigenvalue weighted by molar-refractivity contribution is -0.137. The van der Waals surface area contributed by atoms with Crippen LogP contribution < -0.4 is 5.73 Å². The van der Waals surface area contributed by atoms with Crippen LogP contribution in [0.5, 0.6) is 0 Å². The fraction of sp³-hybridized carbons (Fsp3) is 0.133. The summed E-state index contributed by atoms with van der Waals surface area (Å²) in [6, 6.07) is 9.36. The first kappa shape index (κ1) is 15.4. The van der Waals surface area contributed by atoms with Crippen LogP contribution in [0, 0.1) is 0 Å². The third kappa shape index (κ3) is 3.55. The Morgan fingerprint density at radius 3 is 2.43 bits per heavy atom. The smallest absolute Gasteiger partial charge is 0.398 e. The average Bonchev–Trinajstić information content (AvgIpc) is 2.40. The van der Waals surface area contributed by atoms with E-state index in [1.807, 2.05) is 0 Å². The molecule has 0 spiro atoms. The highest BCUT2D eigenvalue weighted by Gasteiger charge is 2.31. The predicted molar refractivity (Wildman–Crippen MR) is 75.3 cm³/mol. The highest BCUT2D eigenvalue weighted by molar-refractivity contribution is 6.31. The van der Waals surface area contributed by atoms with Gasteiger partial charge in [0.15, 0.2) is 5.78 Å². The van der Waals surface area contributed by atoms with Crippen LogP contribution in [0.3, 0.4) is 0 Å². The van der Waals surface area contributed by atoms with Gasteiger partial charge >= 0.3 is 6.18 Å². The van der Waals surface area contributed by atoms with Crippen molar-refractivity contribution in [2.75, 3.05) is 5.73 Å². The molecule has 0 radical (unpaired) electrons. The zero-order valence-electron chi connectivity index (χ0n) is 10.7. The zero-order chi connectivity index (χ0) is 15.6. The van der Waals surface area contributed by atoms with Crippen molar-refractivity contribution in [2.24, 2.45) is 0 Å². The second kappa shape index (κ2) is 5.77. The van der Waals surface area contributed by atoms with Crippen molar-refractivity contribution in [1.29, 1.82) is 0 Å². The Kier molecular flexibility index (Phi) is 4.23. The Morgan fingerprint density at radius 2 is 1.81 bits per heavy atom. The molecule has 2 rings (SSSR count). The number of anilines is 1. The fourth-order valence-electron chi connectivity index (χ4n) is 1.88. The fourth-order valence-corrected chi connectivity index (χ4v) is 2.09. The minimum atomic E-state index is -4.52. The lowest BCUT2D eigenvalue weighted by Gasteiger charge is -2.11. The average molecular weight is 314 g/mol. The Hall–Kier alpha value is -2.01. The van der Waals surface area contributed by atoms with E-state index in [1.54, 1.807) is 24.3 Å². The molecule has 0 aromatic heterocycles. The van der Waals surface area contributed by atoms with Gasteiger partial charge in [-0.25, -0.2) is 0 Å². The summed E-state index contributed by atoms with van der Waals surface area (Å²) in [5, 5.41) is 0.386. The molecular formula is C15H11ClF3NO. The minimum Gasteiger partial charge on any atom is -0.398 e. The second-order valence-corrected chi connectivity index (χ2v) is 4.90. The first-order chi connectivity index (χ1) is 9.79. The summed E-state index contributed by atoms with van der Waals surface area (Å²) in [4.78, 5) is 12.2. The summed E-state index contributed by atoms with van der Waals surface area (Å²) in [5.41, 5.74) is 5.11. The van der Waals surface area contributed by atoms with Crippen molar-refractivity contribution in [3.63, 3.8) is 0 Å². The van der Waals surface area contributed by atoms with Gasteiger partial charge in [-0.1, -0.05) is 29.8 Å². The van der Waals surface area contributed by atoms with E-state index in [0.29, 0.717) is 10.6 Å². The molecule has 0 atom stereocenters. The summed E-state index contributed by atoms with van der Waals surface area (Å²) >= 11 is 5.94. The lowest BCUT2D eigenvalue weighted by atomic mass is 9.99. The van der Waals surface area contributed by atoms with Crippen molar-refractivity contribution in [3.8, 4) is 0 Å². The standard InChI is InChI=1S/C15H11ClF3NO/c16-12-4-2-1-3-9(12)7-14(21)11-8-10(15(17,18)19)5-6-13(11)20/h1-6,8H,7,20H2. The molecule has 0 fully saturated rings. The van der Waals surface area contributed by atoms with E-state index in [9.17, 15) is 18.0 Å². The van der Waals surface area contributed by atoms with E-state index in [1.165, 1.54) is 0 Å². The van der Waals surface area contributed by atoms with Crippen LogP contribution >= 0.6 is 11.6 Å². The molecule has 2 N–H and O–H groups in total. The normalized spacial score (nSPS) is 11.4. The molecule has 0 unspecified atom stereocenters. The van der Waals surface area contributed by atoms with Crippen LogP contribution in [0.15, 0.2) is 42.5 Å². The summed E-state index contributed by atoms with van der Waals surface area (Å²) in [6.07, 6.45) is -4.63. The maximum absolute atomic E-state index is 12.7. The Bertz CT molecular complexity index is 683. The molecule has 0 aliphatic heterocycles. The molecule has 0 aliphatic carbocycles. The van der Waals surface area contributed by atoms with Crippen LogP contribution in [0.25, 0.3) is 0 Å². The highest BCUT2D eigenvalue weighted by Crippen LogP contribution is 2.31. The van der Waals surface area contributed by atoms with Crippen molar-refractivity contribution < 1.29 is 18.0 Å². The van der Waals surface area contributed by atoms with E-state index >= 15 is 0 Å². The van der Waals surface area contributed by atoms with Crippen LogP contribution in [0.2, 0.25) is 5.02 Å². The summed E-state index contributed by atoms with van der Waals surface area (Å²) in [5.74, 6) is -0.508. The van der Waals surface area contributed by atoms with Crippen LogP contribution in [-0.2, 0) is 12.6 Å². The van der Waals surface area contributed by atoms with Crippen LogP contribution in [-0.4, -0.2) is 5.78 Å². The van der Waals surface area contributed by atoms with Gasteiger partial charge in [-0.05, 0) is 29.8 Å². The first-order valence-corrected chi connectivity index (χ1v) is 6.40. The Labute approximate surface area is 124 Å². The topological polar surface area (TPSA) is 43.1 Å². The molecule has 2 nitrogen and oxygen atoms in total. The molecule has 6 heteroatoms. The Morgan fingerprint density at radius 1 is 1.14 bits per heavy atom. The number of carbonyl (C=O) groups is 1. The maximum atomic E-state index is 12.7. The molecule has 0 bridgehead atoms. The molecule has 110 valence electrons. The van der Waals surface area contributed by atoms with Gasteiger partial charge in [0.1, 0.15) is 0 Å². The molecule has 0 saturated heterocycles. The molecule has 2 aromatic carbocycles. The van der Waals surface area contributed by atoms with Crippen molar-refractivity contribution in [2.45, 2.75) is 12.6 Å². The molecular weight excluding hydrogens is 303 g/mol. The number of Topliss-reactive ketones (excluding diaryl/α,β-unsaturated/α-hetero) is 1. The zero-order valence-corrected chi connectivity index (χ0v) is 11.5. The number of benzene rings is 2. The van der Waals surface area contributed by atoms with Gasteiger partial charge in [0.2, 0.25) is 0 Å². The number of nitrogens with two attached hydrogens (primary N) is 1. The number of nitrogen functional groups attached to an aromatic ring is 1. The van der Waals surface area contributed by atoms with Crippen LogP contribution in [0.1, 0.15) is 21.5 Å². The third-order valence-corrected chi connectivity index (χ3v) is 3.36. The number of hydrogen-bond donors (Lipinski definition) is 1. The van der Waals surface area contributed by atoms with Crippen LogP contribution in [0.4, 0.5) is 18.9 Å². The quantitative estimate of drug-likeness (QED) is 0.675. The SMILES string of the molecule is Nc1ccc(C(F)(F)F)cc1C(=O)Cc1ccccc1Cl. The number of halogens is 4. The molecule has 21 heavy (non-hydrogen) atoms. The number of alkyl halides is 3. The van der Waals surface area contributed by atoms with Gasteiger partial charge in [-0.15, -0.1) is 0 Å². The number of carbonyl (C=O) groups excluding carboxylic acids is 1. The van der Waals surface area contributed by atoms with Crippen molar-refractivity contribution in [1.82, 2.24) is 0 Å². The molecule has 0 heterocycles. The first-order valence-electron chi connectivity index (χ1n) is 6.02. The molecule has 0 aliphatic rings. The number of ketones is 1. The summed E-state index contributed by atoms with van der Waals surface area (Å²) in [6.45, 7) is 0. The van der Waals surface area contributed by atoms with E-state index < -0.39 is 17.5 Å². The monoisotopic (exact) mass is 313 g/mol. The van der Waals surface area contributed by atoms with Gasteiger partial charge in [-0.3, -0.25) is 4.79 Å². The lowest BCUT2D eigenvalue weighted by Crippen LogP contribution is -2.11. The van der Waals surface area contributed by atoms with Crippen molar-refractivity contribution in [3.05, 3.63) is 64.2 Å². The Balaban J connectivity index is 2.33.